The number of ether oxygens (including phenoxy) is 1. The largest absolute Gasteiger partial charge is 0.503 e. The van der Waals surface area contributed by atoms with E-state index in [0.29, 0.717) is 5.56 Å². The van der Waals surface area contributed by atoms with Crippen molar-refractivity contribution < 1.29 is 14.9 Å². The van der Waals surface area contributed by atoms with Gasteiger partial charge in [0.2, 0.25) is 0 Å². The molecule has 1 rings (SSSR count). The Labute approximate surface area is 64.1 Å². The highest BCUT2D eigenvalue weighted by Crippen LogP contribution is 2.27. The first-order chi connectivity index (χ1) is 5.29. The van der Waals surface area contributed by atoms with Crippen molar-refractivity contribution in [1.82, 2.24) is 4.98 Å². The van der Waals surface area contributed by atoms with Crippen molar-refractivity contribution >= 4 is 0 Å². The Balaban J connectivity index is 3.13. The molecule has 4 heteroatoms. The van der Waals surface area contributed by atoms with Gasteiger partial charge in [-0.3, -0.25) is 4.98 Å². The molecule has 0 radical (unpaired) electrons. The zero-order valence-electron chi connectivity index (χ0n) is 6.11. The van der Waals surface area contributed by atoms with Crippen LogP contribution in [0.15, 0.2) is 12.4 Å². The van der Waals surface area contributed by atoms with E-state index in [4.69, 9.17) is 14.9 Å². The summed E-state index contributed by atoms with van der Waals surface area (Å²) in [6, 6.07) is 0. The fourth-order valence-electron chi connectivity index (χ4n) is 0.828. The number of hydrogen-bond donors (Lipinski definition) is 2. The van der Waals surface area contributed by atoms with Crippen LogP contribution in [0.1, 0.15) is 5.56 Å². The van der Waals surface area contributed by atoms with Crippen molar-refractivity contribution in [2.75, 3.05) is 7.11 Å². The minimum Gasteiger partial charge on any atom is -0.503 e. The van der Waals surface area contributed by atoms with E-state index < -0.39 is 0 Å². The maximum absolute atomic E-state index is 9.12. The van der Waals surface area contributed by atoms with Gasteiger partial charge >= 0.3 is 0 Å². The van der Waals surface area contributed by atoms with Crippen molar-refractivity contribution in [2.45, 2.75) is 6.61 Å². The summed E-state index contributed by atoms with van der Waals surface area (Å²) in [5.41, 5.74) is 0.479. The molecule has 11 heavy (non-hydrogen) atoms. The summed E-state index contributed by atoms with van der Waals surface area (Å²) >= 11 is 0. The molecular formula is C7H9NO3. The highest BCUT2D eigenvalue weighted by Gasteiger charge is 2.06. The minimum absolute atomic E-state index is 0.0564. The standard InChI is InChI=1S/C7H9NO3/c1-11-7-5(4-9)2-8-3-6(7)10/h2-3,9-10H,4H2,1H3. The Hall–Kier alpha value is -1.29. The molecular weight excluding hydrogens is 146 g/mol. The minimum atomic E-state index is -0.190. The first kappa shape index (κ1) is 7.81. The van der Waals surface area contributed by atoms with Gasteiger partial charge in [0.05, 0.1) is 19.9 Å². The second-order valence-electron chi connectivity index (χ2n) is 2.01. The van der Waals surface area contributed by atoms with E-state index in [1.54, 1.807) is 0 Å². The van der Waals surface area contributed by atoms with Crippen LogP contribution in [-0.2, 0) is 6.61 Å². The van der Waals surface area contributed by atoms with Crippen LogP contribution in [0.2, 0.25) is 0 Å². The highest BCUT2D eigenvalue weighted by molar-refractivity contribution is 5.42. The van der Waals surface area contributed by atoms with Gasteiger partial charge in [0.1, 0.15) is 0 Å². The van der Waals surface area contributed by atoms with Gasteiger partial charge in [-0.05, 0) is 0 Å². The van der Waals surface area contributed by atoms with Crippen LogP contribution in [0.4, 0.5) is 0 Å². The third-order valence-corrected chi connectivity index (χ3v) is 1.33. The number of rotatable bonds is 2. The maximum atomic E-state index is 9.12. The summed E-state index contributed by atoms with van der Waals surface area (Å²) in [6.07, 6.45) is 2.70. The Morgan fingerprint density at radius 1 is 1.55 bits per heavy atom. The van der Waals surface area contributed by atoms with E-state index in [0.717, 1.165) is 0 Å². The molecule has 1 aromatic rings. The quantitative estimate of drug-likeness (QED) is 0.644. The van der Waals surface area contributed by atoms with E-state index in [1.807, 2.05) is 0 Å². The van der Waals surface area contributed by atoms with Crippen LogP contribution in [0.3, 0.4) is 0 Å². The van der Waals surface area contributed by atoms with E-state index in [1.165, 1.54) is 19.5 Å². The second-order valence-corrected chi connectivity index (χ2v) is 2.01. The number of methoxy groups -OCH3 is 1. The summed E-state index contributed by atoms with van der Waals surface area (Å²) in [6.45, 7) is -0.190. The average molecular weight is 155 g/mol. The third kappa shape index (κ3) is 1.40. The van der Waals surface area contributed by atoms with Crippen molar-refractivity contribution in [2.24, 2.45) is 0 Å². The summed E-state index contributed by atoms with van der Waals surface area (Å²) < 4.78 is 4.82. The van der Waals surface area contributed by atoms with E-state index in [-0.39, 0.29) is 18.1 Å². The molecule has 1 aromatic heterocycles. The summed E-state index contributed by atoms with van der Waals surface area (Å²) in [7, 11) is 1.42. The number of aromatic nitrogens is 1. The molecule has 0 aliphatic rings. The van der Waals surface area contributed by atoms with Gasteiger partial charge in [0.15, 0.2) is 11.5 Å². The molecule has 0 atom stereocenters. The van der Waals surface area contributed by atoms with Crippen LogP contribution >= 0.6 is 0 Å². The summed E-state index contributed by atoms with van der Waals surface area (Å²) in [5, 5.41) is 17.9. The zero-order chi connectivity index (χ0) is 8.27. The van der Waals surface area contributed by atoms with Gasteiger partial charge in [-0.25, -0.2) is 0 Å². The van der Waals surface area contributed by atoms with Crippen LogP contribution in [-0.4, -0.2) is 22.3 Å². The second kappa shape index (κ2) is 3.21. The molecule has 1 heterocycles. The van der Waals surface area contributed by atoms with Crippen molar-refractivity contribution in [1.29, 1.82) is 0 Å². The SMILES string of the molecule is COc1c(O)cncc1CO. The number of aromatic hydroxyl groups is 1. The lowest BCUT2D eigenvalue weighted by atomic mass is 10.2. The average Bonchev–Trinajstić information content (AvgIpc) is 2.04. The van der Waals surface area contributed by atoms with Crippen molar-refractivity contribution in [3.8, 4) is 11.5 Å². The fourth-order valence-corrected chi connectivity index (χ4v) is 0.828. The number of nitrogens with zero attached hydrogens (tertiary/aromatic N) is 1. The first-order valence-corrected chi connectivity index (χ1v) is 3.10. The Bertz CT molecular complexity index is 249. The molecule has 0 aliphatic carbocycles. The summed E-state index contributed by atoms with van der Waals surface area (Å²) in [4.78, 5) is 3.67. The first-order valence-electron chi connectivity index (χ1n) is 3.10. The van der Waals surface area contributed by atoms with Gasteiger partial charge in [-0.2, -0.15) is 0 Å². The van der Waals surface area contributed by atoms with Gasteiger partial charge in [-0.1, -0.05) is 0 Å². The maximum Gasteiger partial charge on any atom is 0.176 e. The fraction of sp³-hybridized carbons (Fsp3) is 0.286. The number of aliphatic hydroxyl groups excluding tert-OH is 1. The molecule has 0 spiro atoms. The number of pyridine rings is 1. The molecule has 0 saturated heterocycles. The van der Waals surface area contributed by atoms with Gasteiger partial charge in [0, 0.05) is 11.8 Å². The number of aliphatic hydroxyl groups is 1. The topological polar surface area (TPSA) is 62.6 Å². The van der Waals surface area contributed by atoms with E-state index >= 15 is 0 Å². The Morgan fingerprint density at radius 3 is 2.73 bits per heavy atom. The molecule has 2 N–H and O–H groups in total. The van der Waals surface area contributed by atoms with E-state index in [9.17, 15) is 0 Å². The molecule has 0 bridgehead atoms. The molecule has 60 valence electrons. The Morgan fingerprint density at radius 2 is 2.27 bits per heavy atom. The molecule has 0 aromatic carbocycles. The molecule has 0 saturated carbocycles. The van der Waals surface area contributed by atoms with Crippen LogP contribution in [0.25, 0.3) is 0 Å². The summed E-state index contributed by atoms with van der Waals surface area (Å²) in [5.74, 6) is 0.224. The number of hydrogen-bond acceptors (Lipinski definition) is 4. The Kier molecular flexibility index (Phi) is 2.28. The zero-order valence-corrected chi connectivity index (χ0v) is 6.11. The van der Waals surface area contributed by atoms with Crippen LogP contribution < -0.4 is 4.74 Å². The molecule has 0 unspecified atom stereocenters. The van der Waals surface area contributed by atoms with Crippen LogP contribution in [0, 0.1) is 0 Å². The van der Waals surface area contributed by atoms with Crippen molar-refractivity contribution in [3.05, 3.63) is 18.0 Å². The van der Waals surface area contributed by atoms with Crippen molar-refractivity contribution in [3.63, 3.8) is 0 Å². The molecule has 0 fully saturated rings. The van der Waals surface area contributed by atoms with Gasteiger partial charge in [0.25, 0.3) is 0 Å². The highest BCUT2D eigenvalue weighted by atomic mass is 16.5. The van der Waals surface area contributed by atoms with Gasteiger partial charge < -0.3 is 14.9 Å². The molecule has 4 nitrogen and oxygen atoms in total. The predicted octanol–water partition coefficient (Wildman–Crippen LogP) is 0.288. The normalized spacial score (nSPS) is 9.64. The molecule has 0 amide bonds. The predicted molar refractivity (Wildman–Crippen MR) is 38.4 cm³/mol. The smallest absolute Gasteiger partial charge is 0.176 e. The lowest BCUT2D eigenvalue weighted by molar-refractivity contribution is 0.270. The lowest BCUT2D eigenvalue weighted by Crippen LogP contribution is -1.92. The van der Waals surface area contributed by atoms with Gasteiger partial charge in [-0.15, -0.1) is 0 Å². The third-order valence-electron chi connectivity index (χ3n) is 1.33. The van der Waals surface area contributed by atoms with Crippen LogP contribution in [0.5, 0.6) is 11.5 Å². The lowest BCUT2D eigenvalue weighted by Gasteiger charge is -2.05. The molecule has 0 aliphatic heterocycles. The van der Waals surface area contributed by atoms with E-state index in [2.05, 4.69) is 4.98 Å². The monoisotopic (exact) mass is 155 g/mol.